The van der Waals surface area contributed by atoms with E-state index < -0.39 is 0 Å². The van der Waals surface area contributed by atoms with Gasteiger partial charge in [-0.05, 0) is 58.7 Å². The number of halogens is 2. The number of fused-ring (bicyclic) bond motifs is 1. The van der Waals surface area contributed by atoms with Crippen molar-refractivity contribution in [3.8, 4) is 5.69 Å². The van der Waals surface area contributed by atoms with E-state index in [0.29, 0.717) is 0 Å². The molecule has 90 valence electrons. The fourth-order valence-corrected chi connectivity index (χ4v) is 2.77. The monoisotopic (exact) mass is 303 g/mol. The molecule has 0 aliphatic rings. The molecular weight excluding hydrogens is 293 g/mol. The average molecular weight is 304 g/mol. The van der Waals surface area contributed by atoms with E-state index in [4.69, 9.17) is 0 Å². The van der Waals surface area contributed by atoms with E-state index in [-0.39, 0.29) is 5.82 Å². The Morgan fingerprint density at radius 1 is 1.06 bits per heavy atom. The highest BCUT2D eigenvalue weighted by atomic mass is 79.9. The van der Waals surface area contributed by atoms with Gasteiger partial charge in [-0.3, -0.25) is 0 Å². The molecule has 0 aliphatic heterocycles. The van der Waals surface area contributed by atoms with Gasteiger partial charge in [0.1, 0.15) is 5.82 Å². The Morgan fingerprint density at radius 3 is 2.50 bits per heavy atom. The van der Waals surface area contributed by atoms with Crippen molar-refractivity contribution in [3.63, 3.8) is 0 Å². The van der Waals surface area contributed by atoms with E-state index in [1.807, 2.05) is 12.1 Å². The number of para-hydroxylation sites is 1. The van der Waals surface area contributed by atoms with Crippen LogP contribution in [0.4, 0.5) is 4.39 Å². The van der Waals surface area contributed by atoms with Crippen molar-refractivity contribution < 1.29 is 4.39 Å². The minimum absolute atomic E-state index is 0.217. The van der Waals surface area contributed by atoms with Gasteiger partial charge in [-0.1, -0.05) is 12.1 Å². The van der Waals surface area contributed by atoms with E-state index in [9.17, 15) is 4.39 Å². The number of aromatic nitrogens is 1. The molecule has 0 spiro atoms. The highest BCUT2D eigenvalue weighted by Crippen LogP contribution is 2.30. The maximum absolute atomic E-state index is 13.0. The second-order valence-electron chi connectivity index (χ2n) is 4.29. The number of rotatable bonds is 1. The van der Waals surface area contributed by atoms with E-state index >= 15 is 0 Å². The van der Waals surface area contributed by atoms with Crippen molar-refractivity contribution in [1.29, 1.82) is 0 Å². The molecule has 0 N–H and O–H groups in total. The zero-order valence-corrected chi connectivity index (χ0v) is 11.4. The summed E-state index contributed by atoms with van der Waals surface area (Å²) < 4.78 is 16.1. The van der Waals surface area contributed by atoms with Gasteiger partial charge in [-0.25, -0.2) is 4.39 Å². The summed E-state index contributed by atoms with van der Waals surface area (Å²) in [5.74, 6) is -0.217. The number of hydrogen-bond donors (Lipinski definition) is 0. The summed E-state index contributed by atoms with van der Waals surface area (Å²) >= 11 is 3.58. The maximum atomic E-state index is 13.0. The van der Waals surface area contributed by atoms with Gasteiger partial charge in [0.05, 0.1) is 5.52 Å². The van der Waals surface area contributed by atoms with Gasteiger partial charge in [-0.2, -0.15) is 0 Å². The molecule has 18 heavy (non-hydrogen) atoms. The lowest BCUT2D eigenvalue weighted by atomic mass is 10.2. The lowest BCUT2D eigenvalue weighted by Crippen LogP contribution is -1.92. The molecule has 0 radical (unpaired) electrons. The zero-order valence-electron chi connectivity index (χ0n) is 9.82. The van der Waals surface area contributed by atoms with Crippen molar-refractivity contribution in [3.05, 3.63) is 64.5 Å². The van der Waals surface area contributed by atoms with Crippen LogP contribution in [0, 0.1) is 12.7 Å². The molecule has 1 nitrogen and oxygen atoms in total. The molecule has 3 heteroatoms. The van der Waals surface area contributed by atoms with E-state index in [0.717, 1.165) is 15.7 Å². The molecule has 3 aromatic rings. The predicted molar refractivity (Wildman–Crippen MR) is 75.7 cm³/mol. The largest absolute Gasteiger partial charge is 0.315 e. The van der Waals surface area contributed by atoms with Crippen LogP contribution in [0.15, 0.2) is 53.1 Å². The third-order valence-corrected chi connectivity index (χ3v) is 3.72. The van der Waals surface area contributed by atoms with Crippen LogP contribution in [0.5, 0.6) is 0 Å². The summed E-state index contributed by atoms with van der Waals surface area (Å²) in [6.45, 7) is 2.08. The van der Waals surface area contributed by atoms with Gasteiger partial charge in [-0.15, -0.1) is 0 Å². The van der Waals surface area contributed by atoms with Crippen LogP contribution < -0.4 is 0 Å². The molecule has 0 aliphatic carbocycles. The fraction of sp³-hybridized carbons (Fsp3) is 0.0667. The smallest absolute Gasteiger partial charge is 0.123 e. The van der Waals surface area contributed by atoms with Gasteiger partial charge in [0.2, 0.25) is 0 Å². The van der Waals surface area contributed by atoms with Crippen LogP contribution in [0.25, 0.3) is 16.6 Å². The molecule has 0 saturated heterocycles. The van der Waals surface area contributed by atoms with Crippen LogP contribution in [0.1, 0.15) is 5.56 Å². The Bertz CT molecular complexity index is 713. The molecule has 0 amide bonds. The summed E-state index contributed by atoms with van der Waals surface area (Å²) in [4.78, 5) is 0. The molecule has 0 bridgehead atoms. The third kappa shape index (κ3) is 1.75. The van der Waals surface area contributed by atoms with Crippen molar-refractivity contribution >= 4 is 26.8 Å². The highest BCUT2D eigenvalue weighted by Gasteiger charge is 2.09. The first-order valence-corrected chi connectivity index (χ1v) is 6.48. The average Bonchev–Trinajstić information content (AvgIpc) is 2.70. The molecule has 0 saturated carbocycles. The second-order valence-corrected chi connectivity index (χ2v) is 5.15. The normalized spacial score (nSPS) is 11.1. The molecule has 3 rings (SSSR count). The fourth-order valence-electron chi connectivity index (χ4n) is 2.21. The summed E-state index contributed by atoms with van der Waals surface area (Å²) in [6, 6.07) is 12.7. The van der Waals surface area contributed by atoms with Gasteiger partial charge in [0, 0.05) is 21.7 Å². The summed E-state index contributed by atoms with van der Waals surface area (Å²) in [5, 5.41) is 1.20. The lowest BCUT2D eigenvalue weighted by Gasteiger charge is -2.06. The molecule has 0 unspecified atom stereocenters. The van der Waals surface area contributed by atoms with Crippen molar-refractivity contribution in [2.24, 2.45) is 0 Å². The molecule has 2 aromatic carbocycles. The molecule has 1 aromatic heterocycles. The first-order chi connectivity index (χ1) is 8.66. The number of aryl methyl sites for hydroxylation is 1. The molecular formula is C15H11BrFN. The van der Waals surface area contributed by atoms with E-state index in [1.165, 1.54) is 23.1 Å². The lowest BCUT2D eigenvalue weighted by molar-refractivity contribution is 0.627. The Kier molecular flexibility index (Phi) is 2.71. The van der Waals surface area contributed by atoms with Crippen molar-refractivity contribution in [2.45, 2.75) is 6.92 Å². The first kappa shape index (κ1) is 11.5. The first-order valence-electron chi connectivity index (χ1n) is 5.69. The van der Waals surface area contributed by atoms with Crippen molar-refractivity contribution in [2.75, 3.05) is 0 Å². The SMILES string of the molecule is Cc1cn(-c2ccc(F)cc2)c2c(Br)cccc12. The van der Waals surface area contributed by atoms with E-state index in [1.54, 1.807) is 12.1 Å². The maximum Gasteiger partial charge on any atom is 0.123 e. The highest BCUT2D eigenvalue weighted by molar-refractivity contribution is 9.10. The quantitative estimate of drug-likeness (QED) is 0.606. The zero-order chi connectivity index (χ0) is 12.7. The number of nitrogens with zero attached hydrogens (tertiary/aromatic N) is 1. The predicted octanol–water partition coefficient (Wildman–Crippen LogP) is 4.84. The van der Waals surface area contributed by atoms with Gasteiger partial charge < -0.3 is 4.57 Å². The third-order valence-electron chi connectivity index (χ3n) is 3.08. The summed E-state index contributed by atoms with van der Waals surface area (Å²) in [5.41, 5.74) is 3.28. The molecule has 0 fully saturated rings. The van der Waals surface area contributed by atoms with Crippen molar-refractivity contribution in [1.82, 2.24) is 4.57 Å². The summed E-state index contributed by atoms with van der Waals surface area (Å²) in [7, 11) is 0. The number of hydrogen-bond acceptors (Lipinski definition) is 0. The van der Waals surface area contributed by atoms with Crippen LogP contribution in [0.3, 0.4) is 0 Å². The minimum atomic E-state index is -0.217. The molecule has 0 atom stereocenters. The summed E-state index contributed by atoms with van der Waals surface area (Å²) in [6.07, 6.45) is 2.07. The minimum Gasteiger partial charge on any atom is -0.315 e. The van der Waals surface area contributed by atoms with E-state index in [2.05, 4.69) is 39.7 Å². The number of benzene rings is 2. The second kappa shape index (κ2) is 4.25. The Labute approximate surface area is 113 Å². The van der Waals surface area contributed by atoms with Crippen LogP contribution in [-0.2, 0) is 0 Å². The Balaban J connectivity index is 2.32. The molecule has 1 heterocycles. The van der Waals surface area contributed by atoms with Gasteiger partial charge >= 0.3 is 0 Å². The Hall–Kier alpha value is -1.61. The van der Waals surface area contributed by atoms with Gasteiger partial charge in [0.15, 0.2) is 0 Å². The topological polar surface area (TPSA) is 4.93 Å². The van der Waals surface area contributed by atoms with Crippen LogP contribution >= 0.6 is 15.9 Å². The van der Waals surface area contributed by atoms with Crippen LogP contribution in [0.2, 0.25) is 0 Å². The standard InChI is InChI=1S/C15H11BrFN/c1-10-9-18(12-7-5-11(17)6-8-12)15-13(10)3-2-4-14(15)16/h2-9H,1H3. The van der Waals surface area contributed by atoms with Gasteiger partial charge in [0.25, 0.3) is 0 Å². The van der Waals surface area contributed by atoms with Crippen LogP contribution in [-0.4, -0.2) is 4.57 Å². The Morgan fingerprint density at radius 2 is 1.78 bits per heavy atom.